The van der Waals surface area contributed by atoms with Gasteiger partial charge in [0.1, 0.15) is 0 Å². The van der Waals surface area contributed by atoms with E-state index in [0.29, 0.717) is 0 Å². The standard InChI is InChI=1S/C10H19F3N2/c1-3-15(2)5-4-9-6-8(7-14-9)10(11,12)13/h8-9,14H,3-7H2,1-2H3. The molecule has 0 bridgehead atoms. The first-order chi connectivity index (χ1) is 6.93. The number of hydrogen-bond acceptors (Lipinski definition) is 2. The first-order valence-corrected chi connectivity index (χ1v) is 5.42. The molecule has 1 aliphatic rings. The molecular formula is C10H19F3N2. The lowest BCUT2D eigenvalue weighted by atomic mass is 10.0. The van der Waals surface area contributed by atoms with Crippen molar-refractivity contribution in [3.63, 3.8) is 0 Å². The molecule has 2 atom stereocenters. The average molecular weight is 224 g/mol. The number of halogens is 3. The van der Waals surface area contributed by atoms with Crippen LogP contribution in [0.1, 0.15) is 19.8 Å². The van der Waals surface area contributed by atoms with Gasteiger partial charge in [0.05, 0.1) is 5.92 Å². The third kappa shape index (κ3) is 3.99. The van der Waals surface area contributed by atoms with Gasteiger partial charge in [-0.15, -0.1) is 0 Å². The fraction of sp³-hybridized carbons (Fsp3) is 1.00. The van der Waals surface area contributed by atoms with E-state index in [-0.39, 0.29) is 19.0 Å². The number of alkyl halides is 3. The monoisotopic (exact) mass is 224 g/mol. The highest BCUT2D eigenvalue weighted by atomic mass is 19.4. The smallest absolute Gasteiger partial charge is 0.313 e. The largest absolute Gasteiger partial charge is 0.393 e. The molecule has 0 radical (unpaired) electrons. The SMILES string of the molecule is CCN(C)CCC1CC(C(F)(F)F)CN1. The van der Waals surface area contributed by atoms with E-state index < -0.39 is 12.1 Å². The molecule has 0 aromatic heterocycles. The van der Waals surface area contributed by atoms with Crippen molar-refractivity contribution in [2.24, 2.45) is 5.92 Å². The highest BCUT2D eigenvalue weighted by Crippen LogP contribution is 2.33. The van der Waals surface area contributed by atoms with Gasteiger partial charge in [0.2, 0.25) is 0 Å². The number of nitrogens with zero attached hydrogens (tertiary/aromatic N) is 1. The zero-order valence-corrected chi connectivity index (χ0v) is 9.27. The van der Waals surface area contributed by atoms with Crippen LogP contribution in [-0.4, -0.2) is 43.8 Å². The Balaban J connectivity index is 2.25. The molecule has 90 valence electrons. The van der Waals surface area contributed by atoms with E-state index in [1.165, 1.54) is 0 Å². The van der Waals surface area contributed by atoms with Crippen LogP contribution in [0.2, 0.25) is 0 Å². The normalized spacial score (nSPS) is 27.6. The molecule has 0 aromatic carbocycles. The fourth-order valence-electron chi connectivity index (χ4n) is 1.82. The number of nitrogens with one attached hydrogen (secondary N) is 1. The Morgan fingerprint density at radius 1 is 1.40 bits per heavy atom. The maximum absolute atomic E-state index is 12.3. The maximum atomic E-state index is 12.3. The Morgan fingerprint density at radius 3 is 2.53 bits per heavy atom. The van der Waals surface area contributed by atoms with Crippen molar-refractivity contribution in [3.8, 4) is 0 Å². The van der Waals surface area contributed by atoms with Gasteiger partial charge >= 0.3 is 6.18 Å². The third-order valence-corrected chi connectivity index (χ3v) is 3.08. The van der Waals surface area contributed by atoms with E-state index in [1.807, 2.05) is 14.0 Å². The summed E-state index contributed by atoms with van der Waals surface area (Å²) >= 11 is 0. The summed E-state index contributed by atoms with van der Waals surface area (Å²) in [7, 11) is 1.98. The van der Waals surface area contributed by atoms with Crippen LogP contribution < -0.4 is 5.32 Å². The van der Waals surface area contributed by atoms with Gasteiger partial charge in [-0.2, -0.15) is 13.2 Å². The van der Waals surface area contributed by atoms with Gasteiger partial charge in [-0.1, -0.05) is 6.92 Å². The highest BCUT2D eigenvalue weighted by molar-refractivity contribution is 4.85. The summed E-state index contributed by atoms with van der Waals surface area (Å²) in [6.07, 6.45) is -2.99. The van der Waals surface area contributed by atoms with E-state index in [4.69, 9.17) is 0 Å². The molecule has 15 heavy (non-hydrogen) atoms. The van der Waals surface area contributed by atoms with Crippen molar-refractivity contribution in [1.82, 2.24) is 10.2 Å². The average Bonchev–Trinajstić information content (AvgIpc) is 2.61. The molecule has 1 aliphatic heterocycles. The minimum Gasteiger partial charge on any atom is -0.313 e. The van der Waals surface area contributed by atoms with Crippen LogP contribution in [0, 0.1) is 5.92 Å². The molecule has 0 spiro atoms. The predicted molar refractivity (Wildman–Crippen MR) is 53.7 cm³/mol. The fourth-order valence-corrected chi connectivity index (χ4v) is 1.82. The summed E-state index contributed by atoms with van der Waals surface area (Å²) in [6, 6.07) is 0.0330. The molecule has 0 amide bonds. The topological polar surface area (TPSA) is 15.3 Å². The van der Waals surface area contributed by atoms with Crippen molar-refractivity contribution >= 4 is 0 Å². The van der Waals surface area contributed by atoms with Gasteiger partial charge < -0.3 is 10.2 Å². The van der Waals surface area contributed by atoms with Crippen molar-refractivity contribution < 1.29 is 13.2 Å². The molecule has 1 rings (SSSR count). The van der Waals surface area contributed by atoms with Crippen molar-refractivity contribution in [1.29, 1.82) is 0 Å². The summed E-state index contributed by atoms with van der Waals surface area (Å²) in [5.74, 6) is -1.14. The lowest BCUT2D eigenvalue weighted by Crippen LogP contribution is -2.28. The quantitative estimate of drug-likeness (QED) is 0.784. The summed E-state index contributed by atoms with van der Waals surface area (Å²) in [6.45, 7) is 3.93. The predicted octanol–water partition coefficient (Wildman–Crippen LogP) is 1.87. The van der Waals surface area contributed by atoms with E-state index in [2.05, 4.69) is 10.2 Å². The first-order valence-electron chi connectivity index (χ1n) is 5.42. The lowest BCUT2D eigenvalue weighted by Gasteiger charge is -2.17. The highest BCUT2D eigenvalue weighted by Gasteiger charge is 2.43. The van der Waals surface area contributed by atoms with E-state index in [1.54, 1.807) is 0 Å². The molecule has 0 saturated carbocycles. The van der Waals surface area contributed by atoms with E-state index in [9.17, 15) is 13.2 Å². The molecule has 1 saturated heterocycles. The summed E-state index contributed by atoms with van der Waals surface area (Å²) in [5, 5.41) is 2.95. The van der Waals surface area contributed by atoms with Crippen LogP contribution in [0.3, 0.4) is 0 Å². The van der Waals surface area contributed by atoms with Gasteiger partial charge in [0, 0.05) is 12.6 Å². The van der Waals surface area contributed by atoms with Crippen molar-refractivity contribution in [2.45, 2.75) is 32.0 Å². The zero-order chi connectivity index (χ0) is 11.5. The zero-order valence-electron chi connectivity index (χ0n) is 9.27. The minimum atomic E-state index is -4.03. The third-order valence-electron chi connectivity index (χ3n) is 3.08. The van der Waals surface area contributed by atoms with Gasteiger partial charge in [0.15, 0.2) is 0 Å². The Hall–Kier alpha value is -0.290. The van der Waals surface area contributed by atoms with E-state index in [0.717, 1.165) is 19.5 Å². The Labute approximate surface area is 88.8 Å². The molecule has 1 heterocycles. The van der Waals surface area contributed by atoms with Crippen LogP contribution in [0.15, 0.2) is 0 Å². The maximum Gasteiger partial charge on any atom is 0.393 e. The van der Waals surface area contributed by atoms with Gasteiger partial charge in [-0.05, 0) is 33.0 Å². The van der Waals surface area contributed by atoms with Crippen molar-refractivity contribution in [2.75, 3.05) is 26.7 Å². The molecule has 2 unspecified atom stereocenters. The van der Waals surface area contributed by atoms with Crippen LogP contribution in [0.5, 0.6) is 0 Å². The molecule has 0 aromatic rings. The number of hydrogen-bond donors (Lipinski definition) is 1. The van der Waals surface area contributed by atoms with Gasteiger partial charge in [0.25, 0.3) is 0 Å². The van der Waals surface area contributed by atoms with Gasteiger partial charge in [-0.3, -0.25) is 0 Å². The molecular weight excluding hydrogens is 205 g/mol. The summed E-state index contributed by atoms with van der Waals surface area (Å²) < 4.78 is 37.0. The van der Waals surface area contributed by atoms with Crippen LogP contribution in [-0.2, 0) is 0 Å². The summed E-state index contributed by atoms with van der Waals surface area (Å²) in [4.78, 5) is 2.11. The molecule has 5 heteroatoms. The molecule has 0 aliphatic carbocycles. The Morgan fingerprint density at radius 2 is 2.07 bits per heavy atom. The molecule has 2 nitrogen and oxygen atoms in total. The van der Waals surface area contributed by atoms with Crippen molar-refractivity contribution in [3.05, 3.63) is 0 Å². The minimum absolute atomic E-state index is 0.0330. The number of rotatable bonds is 4. The van der Waals surface area contributed by atoms with E-state index >= 15 is 0 Å². The van der Waals surface area contributed by atoms with Crippen LogP contribution in [0.25, 0.3) is 0 Å². The van der Waals surface area contributed by atoms with Crippen LogP contribution >= 0.6 is 0 Å². The summed E-state index contributed by atoms with van der Waals surface area (Å²) in [5.41, 5.74) is 0. The lowest BCUT2D eigenvalue weighted by molar-refractivity contribution is -0.169. The molecule has 1 N–H and O–H groups in total. The van der Waals surface area contributed by atoms with Crippen LogP contribution in [0.4, 0.5) is 13.2 Å². The second-order valence-electron chi connectivity index (χ2n) is 4.26. The first kappa shape index (κ1) is 12.8. The molecule has 1 fully saturated rings. The second-order valence-corrected chi connectivity index (χ2v) is 4.26. The Kier molecular flexibility index (Phi) is 4.40. The second kappa shape index (κ2) is 5.16. The Bertz CT molecular complexity index is 194. The van der Waals surface area contributed by atoms with Gasteiger partial charge in [-0.25, -0.2) is 0 Å².